The second-order valence-corrected chi connectivity index (χ2v) is 6.05. The number of carbonyl (C=O) groups excluding carboxylic acids is 1. The van der Waals surface area contributed by atoms with Gasteiger partial charge in [0, 0.05) is 11.2 Å². The number of benzene rings is 1. The largest absolute Gasteiger partial charge is 0.399 e. The fourth-order valence-electron chi connectivity index (χ4n) is 1.44. The lowest BCUT2D eigenvalue weighted by atomic mass is 10.1. The molecular weight excluding hydrogens is 301 g/mol. The van der Waals surface area contributed by atoms with Crippen LogP contribution in [-0.4, -0.2) is 41.7 Å². The zero-order valence-corrected chi connectivity index (χ0v) is 13.2. The molecule has 0 saturated carbocycles. The maximum absolute atomic E-state index is 12.0. The van der Waals surface area contributed by atoms with E-state index in [9.17, 15) is 9.90 Å². The number of nitrogen functional groups attached to an aromatic ring is 1. The van der Waals surface area contributed by atoms with E-state index >= 15 is 0 Å². The lowest BCUT2D eigenvalue weighted by Crippen LogP contribution is -2.47. The van der Waals surface area contributed by atoms with Crippen LogP contribution in [0, 0.1) is 0 Å². The standard InChI is InChI=1S/C13H19Cl2N3O2/c1-13(2,7-19)18(3)6-11(20)17-12-9(14)4-8(16)5-10(12)15/h4-5,19H,6-7,16H2,1-3H3,(H,17,20). The SMILES string of the molecule is CN(CC(=O)Nc1c(Cl)cc(N)cc1Cl)C(C)(C)CO. The van der Waals surface area contributed by atoms with E-state index in [2.05, 4.69) is 5.32 Å². The molecule has 0 fully saturated rings. The molecule has 1 rings (SSSR count). The number of amides is 1. The maximum atomic E-state index is 12.0. The number of nitrogens with zero attached hydrogens (tertiary/aromatic N) is 1. The molecule has 0 heterocycles. The predicted molar refractivity (Wildman–Crippen MR) is 83.3 cm³/mol. The highest BCUT2D eigenvalue weighted by atomic mass is 35.5. The number of carbonyl (C=O) groups is 1. The Morgan fingerprint density at radius 1 is 1.40 bits per heavy atom. The van der Waals surface area contributed by atoms with E-state index in [0.29, 0.717) is 11.4 Å². The number of nitrogens with two attached hydrogens (primary N) is 1. The first-order valence-corrected chi connectivity index (χ1v) is 6.79. The Labute approximate surface area is 128 Å². The third-order valence-electron chi connectivity index (χ3n) is 3.13. The first-order chi connectivity index (χ1) is 9.17. The van der Waals surface area contributed by atoms with E-state index in [4.69, 9.17) is 28.9 Å². The molecule has 112 valence electrons. The fourth-order valence-corrected chi connectivity index (χ4v) is 2.04. The number of aliphatic hydroxyl groups is 1. The van der Waals surface area contributed by atoms with Gasteiger partial charge in [0.15, 0.2) is 0 Å². The zero-order chi connectivity index (χ0) is 15.5. The van der Waals surface area contributed by atoms with Crippen molar-refractivity contribution in [2.75, 3.05) is 31.2 Å². The Kier molecular flexibility index (Phi) is 5.65. The van der Waals surface area contributed by atoms with Crippen molar-refractivity contribution in [1.82, 2.24) is 4.90 Å². The molecule has 0 aliphatic rings. The number of halogens is 2. The van der Waals surface area contributed by atoms with Crippen LogP contribution in [-0.2, 0) is 4.79 Å². The van der Waals surface area contributed by atoms with Crippen molar-refractivity contribution < 1.29 is 9.90 Å². The van der Waals surface area contributed by atoms with Crippen LogP contribution in [0.3, 0.4) is 0 Å². The number of anilines is 2. The van der Waals surface area contributed by atoms with Gasteiger partial charge >= 0.3 is 0 Å². The van der Waals surface area contributed by atoms with E-state index in [-0.39, 0.29) is 29.1 Å². The molecule has 0 aliphatic heterocycles. The molecule has 0 spiro atoms. The summed E-state index contributed by atoms with van der Waals surface area (Å²) in [6.07, 6.45) is 0. The Bertz CT molecular complexity index is 483. The molecule has 0 unspecified atom stereocenters. The van der Waals surface area contributed by atoms with Crippen LogP contribution in [0.4, 0.5) is 11.4 Å². The van der Waals surface area contributed by atoms with E-state index in [1.807, 2.05) is 13.8 Å². The molecule has 5 nitrogen and oxygen atoms in total. The van der Waals surface area contributed by atoms with Crippen LogP contribution in [0.5, 0.6) is 0 Å². The van der Waals surface area contributed by atoms with Gasteiger partial charge < -0.3 is 16.2 Å². The summed E-state index contributed by atoms with van der Waals surface area (Å²) in [6, 6.07) is 3.04. The van der Waals surface area contributed by atoms with E-state index in [1.165, 1.54) is 12.1 Å². The van der Waals surface area contributed by atoms with Crippen molar-refractivity contribution >= 4 is 40.5 Å². The summed E-state index contributed by atoms with van der Waals surface area (Å²) in [4.78, 5) is 13.7. The van der Waals surface area contributed by atoms with Crippen LogP contribution in [0.15, 0.2) is 12.1 Å². The fraction of sp³-hybridized carbons (Fsp3) is 0.462. The van der Waals surface area contributed by atoms with Gasteiger partial charge in [0.25, 0.3) is 0 Å². The molecule has 0 bridgehead atoms. The molecule has 4 N–H and O–H groups in total. The summed E-state index contributed by atoms with van der Waals surface area (Å²) in [5.74, 6) is -0.275. The molecular formula is C13H19Cl2N3O2. The zero-order valence-electron chi connectivity index (χ0n) is 11.7. The minimum absolute atomic E-state index is 0.0554. The predicted octanol–water partition coefficient (Wildman–Crippen LogP) is 2.22. The minimum atomic E-state index is -0.494. The molecule has 0 saturated heterocycles. The van der Waals surface area contributed by atoms with Gasteiger partial charge in [0.2, 0.25) is 5.91 Å². The smallest absolute Gasteiger partial charge is 0.238 e. The first kappa shape index (κ1) is 17.0. The average Bonchev–Trinajstić information content (AvgIpc) is 2.33. The van der Waals surface area contributed by atoms with Gasteiger partial charge in [-0.1, -0.05) is 23.2 Å². The summed E-state index contributed by atoms with van der Waals surface area (Å²) in [5.41, 5.74) is 5.87. The van der Waals surface area contributed by atoms with Gasteiger partial charge in [-0.25, -0.2) is 0 Å². The summed E-state index contributed by atoms with van der Waals surface area (Å²) >= 11 is 12.0. The van der Waals surface area contributed by atoms with Crippen molar-refractivity contribution in [2.24, 2.45) is 0 Å². The number of likely N-dealkylation sites (N-methyl/N-ethyl adjacent to an activating group) is 1. The normalized spacial score (nSPS) is 11.8. The Hall–Kier alpha value is -1.01. The van der Waals surface area contributed by atoms with Gasteiger partial charge in [0.05, 0.1) is 28.9 Å². The minimum Gasteiger partial charge on any atom is -0.399 e. The molecule has 0 aliphatic carbocycles. The van der Waals surface area contributed by atoms with Crippen molar-refractivity contribution in [2.45, 2.75) is 19.4 Å². The van der Waals surface area contributed by atoms with Crippen LogP contribution in [0.2, 0.25) is 10.0 Å². The van der Waals surface area contributed by atoms with Gasteiger partial charge in [-0.2, -0.15) is 0 Å². The summed E-state index contributed by atoms with van der Waals surface area (Å²) in [7, 11) is 1.75. The molecule has 0 aromatic heterocycles. The summed E-state index contributed by atoms with van der Waals surface area (Å²) < 4.78 is 0. The highest BCUT2D eigenvalue weighted by Crippen LogP contribution is 2.32. The Morgan fingerprint density at radius 2 is 1.90 bits per heavy atom. The maximum Gasteiger partial charge on any atom is 0.238 e. The lowest BCUT2D eigenvalue weighted by Gasteiger charge is -2.33. The quantitative estimate of drug-likeness (QED) is 0.727. The molecule has 1 aromatic carbocycles. The highest BCUT2D eigenvalue weighted by molar-refractivity contribution is 6.40. The third-order valence-corrected chi connectivity index (χ3v) is 3.73. The number of hydrogen-bond donors (Lipinski definition) is 3. The second kappa shape index (κ2) is 6.63. The monoisotopic (exact) mass is 319 g/mol. The van der Waals surface area contributed by atoms with Crippen molar-refractivity contribution in [1.29, 1.82) is 0 Å². The summed E-state index contributed by atoms with van der Waals surface area (Å²) in [5, 5.41) is 12.5. The molecule has 0 radical (unpaired) electrons. The Balaban J connectivity index is 2.78. The van der Waals surface area contributed by atoms with Crippen molar-refractivity contribution in [3.63, 3.8) is 0 Å². The van der Waals surface area contributed by atoms with Crippen LogP contribution >= 0.6 is 23.2 Å². The van der Waals surface area contributed by atoms with Crippen molar-refractivity contribution in [3.8, 4) is 0 Å². The number of aliphatic hydroxyl groups excluding tert-OH is 1. The number of nitrogens with one attached hydrogen (secondary N) is 1. The van der Waals surface area contributed by atoms with Crippen molar-refractivity contribution in [3.05, 3.63) is 22.2 Å². The van der Waals surface area contributed by atoms with Gasteiger partial charge in [0.1, 0.15) is 0 Å². The van der Waals surface area contributed by atoms with Crippen LogP contribution in [0.1, 0.15) is 13.8 Å². The first-order valence-electron chi connectivity index (χ1n) is 6.04. The number of rotatable bonds is 5. The average molecular weight is 320 g/mol. The Morgan fingerprint density at radius 3 is 2.35 bits per heavy atom. The van der Waals surface area contributed by atoms with Crippen LogP contribution < -0.4 is 11.1 Å². The summed E-state index contributed by atoms with van der Waals surface area (Å²) in [6.45, 7) is 3.72. The van der Waals surface area contributed by atoms with Gasteiger partial charge in [-0.05, 0) is 33.0 Å². The highest BCUT2D eigenvalue weighted by Gasteiger charge is 2.24. The lowest BCUT2D eigenvalue weighted by molar-refractivity contribution is -0.118. The molecule has 1 aromatic rings. The molecule has 20 heavy (non-hydrogen) atoms. The van der Waals surface area contributed by atoms with E-state index in [0.717, 1.165) is 0 Å². The molecule has 1 amide bonds. The number of hydrogen-bond acceptors (Lipinski definition) is 4. The van der Waals surface area contributed by atoms with Gasteiger partial charge in [-0.3, -0.25) is 9.69 Å². The van der Waals surface area contributed by atoms with Crippen LogP contribution in [0.25, 0.3) is 0 Å². The topological polar surface area (TPSA) is 78.6 Å². The molecule has 7 heteroatoms. The van der Waals surface area contributed by atoms with E-state index < -0.39 is 5.54 Å². The second-order valence-electron chi connectivity index (χ2n) is 5.23. The van der Waals surface area contributed by atoms with Gasteiger partial charge in [-0.15, -0.1) is 0 Å². The molecule has 0 atom stereocenters. The van der Waals surface area contributed by atoms with E-state index in [1.54, 1.807) is 11.9 Å². The third kappa shape index (κ3) is 4.24.